The Morgan fingerprint density at radius 1 is 1.35 bits per heavy atom. The molecule has 1 aromatic carbocycles. The zero-order chi connectivity index (χ0) is 16.7. The highest BCUT2D eigenvalue weighted by Gasteiger charge is 2.22. The fourth-order valence-electron chi connectivity index (χ4n) is 2.77. The molecule has 23 heavy (non-hydrogen) atoms. The van der Waals surface area contributed by atoms with Gasteiger partial charge in [-0.05, 0) is 57.0 Å². The second-order valence-electron chi connectivity index (χ2n) is 6.19. The number of benzene rings is 1. The van der Waals surface area contributed by atoms with Gasteiger partial charge in [-0.1, -0.05) is 29.3 Å². The van der Waals surface area contributed by atoms with E-state index >= 15 is 0 Å². The lowest BCUT2D eigenvalue weighted by molar-refractivity contribution is -0.121. The number of nitrogens with one attached hydrogen (secondary N) is 1. The maximum absolute atomic E-state index is 12.4. The molecule has 1 fully saturated rings. The lowest BCUT2D eigenvalue weighted by atomic mass is 10.0. The van der Waals surface area contributed by atoms with E-state index in [4.69, 9.17) is 0 Å². The molecule has 1 aliphatic heterocycles. The van der Waals surface area contributed by atoms with E-state index in [-0.39, 0.29) is 11.2 Å². The predicted molar refractivity (Wildman–Crippen MR) is 102 cm³/mol. The molecule has 0 aliphatic carbocycles. The number of nitrogens with zero attached hydrogens (tertiary/aromatic N) is 1. The molecule has 0 saturated carbocycles. The van der Waals surface area contributed by atoms with Gasteiger partial charge < -0.3 is 10.2 Å². The van der Waals surface area contributed by atoms with Crippen molar-refractivity contribution in [3.05, 3.63) is 28.7 Å². The van der Waals surface area contributed by atoms with E-state index in [0.29, 0.717) is 6.04 Å². The fraction of sp³-hybridized carbons (Fsp3) is 0.611. The van der Waals surface area contributed by atoms with Gasteiger partial charge in [-0.3, -0.25) is 4.79 Å². The second-order valence-corrected chi connectivity index (χ2v) is 8.52. The van der Waals surface area contributed by atoms with Gasteiger partial charge in [-0.15, -0.1) is 11.8 Å². The van der Waals surface area contributed by atoms with Crippen molar-refractivity contribution < 1.29 is 4.79 Å². The Labute approximate surface area is 152 Å². The Morgan fingerprint density at radius 3 is 2.61 bits per heavy atom. The summed E-state index contributed by atoms with van der Waals surface area (Å²) in [6.45, 7) is 7.64. The average molecular weight is 399 g/mol. The SMILES string of the molecule is CCCCN1CCC(NC(=O)C(C)Sc2ccc(Br)cc2)CC1. The molecule has 1 heterocycles. The van der Waals surface area contributed by atoms with Crippen molar-refractivity contribution in [2.45, 2.75) is 55.7 Å². The molecule has 128 valence electrons. The maximum atomic E-state index is 12.4. The molecule has 0 bridgehead atoms. The van der Waals surface area contributed by atoms with Crippen molar-refractivity contribution in [1.82, 2.24) is 10.2 Å². The molecule has 1 amide bonds. The first-order valence-electron chi connectivity index (χ1n) is 8.53. The number of hydrogen-bond acceptors (Lipinski definition) is 3. The molecule has 1 saturated heterocycles. The summed E-state index contributed by atoms with van der Waals surface area (Å²) in [4.78, 5) is 16.0. The number of likely N-dealkylation sites (tertiary alicyclic amines) is 1. The normalized spacial score (nSPS) is 17.9. The van der Waals surface area contributed by atoms with Crippen molar-refractivity contribution >= 4 is 33.6 Å². The largest absolute Gasteiger partial charge is 0.352 e. The first kappa shape index (κ1) is 18.8. The summed E-state index contributed by atoms with van der Waals surface area (Å²) in [6.07, 6.45) is 4.68. The summed E-state index contributed by atoms with van der Waals surface area (Å²) in [7, 11) is 0. The average Bonchev–Trinajstić information content (AvgIpc) is 2.56. The molecule has 0 spiro atoms. The van der Waals surface area contributed by atoms with Gasteiger partial charge in [0.15, 0.2) is 0 Å². The molecule has 0 radical (unpaired) electrons. The van der Waals surface area contributed by atoms with Crippen LogP contribution in [0.3, 0.4) is 0 Å². The fourth-order valence-corrected chi connectivity index (χ4v) is 3.91. The van der Waals surface area contributed by atoms with E-state index in [1.165, 1.54) is 19.4 Å². The highest BCUT2D eigenvalue weighted by molar-refractivity contribution is 9.10. The van der Waals surface area contributed by atoms with Crippen molar-refractivity contribution in [2.24, 2.45) is 0 Å². The highest BCUT2D eigenvalue weighted by Crippen LogP contribution is 2.25. The zero-order valence-electron chi connectivity index (χ0n) is 14.1. The van der Waals surface area contributed by atoms with Crippen LogP contribution in [0.25, 0.3) is 0 Å². The smallest absolute Gasteiger partial charge is 0.233 e. The minimum Gasteiger partial charge on any atom is -0.352 e. The van der Waals surface area contributed by atoms with E-state index in [9.17, 15) is 4.79 Å². The van der Waals surface area contributed by atoms with Crippen LogP contribution in [0.5, 0.6) is 0 Å². The Balaban J connectivity index is 1.73. The molecule has 1 aliphatic rings. The third-order valence-corrected chi connectivity index (χ3v) is 5.90. The summed E-state index contributed by atoms with van der Waals surface area (Å²) in [5.41, 5.74) is 0. The zero-order valence-corrected chi connectivity index (χ0v) is 16.5. The minimum absolute atomic E-state index is 0.0608. The van der Waals surface area contributed by atoms with Crippen LogP contribution in [0.15, 0.2) is 33.6 Å². The number of carbonyl (C=O) groups excluding carboxylic acids is 1. The molecular formula is C18H27BrN2OS. The van der Waals surface area contributed by atoms with Crippen LogP contribution in [0.1, 0.15) is 39.5 Å². The van der Waals surface area contributed by atoms with Crippen LogP contribution < -0.4 is 5.32 Å². The minimum atomic E-state index is -0.0608. The number of rotatable bonds is 7. The number of carbonyl (C=O) groups is 1. The number of piperidine rings is 1. The molecule has 3 nitrogen and oxygen atoms in total. The summed E-state index contributed by atoms with van der Waals surface area (Å²) < 4.78 is 1.06. The highest BCUT2D eigenvalue weighted by atomic mass is 79.9. The van der Waals surface area contributed by atoms with Gasteiger partial charge in [-0.25, -0.2) is 0 Å². The molecule has 1 N–H and O–H groups in total. The summed E-state index contributed by atoms with van der Waals surface area (Å²) in [6, 6.07) is 8.46. The van der Waals surface area contributed by atoms with Crippen LogP contribution in [0.4, 0.5) is 0 Å². The number of hydrogen-bond donors (Lipinski definition) is 1. The van der Waals surface area contributed by atoms with Gasteiger partial charge in [0.25, 0.3) is 0 Å². The topological polar surface area (TPSA) is 32.3 Å². The summed E-state index contributed by atoms with van der Waals surface area (Å²) in [5.74, 6) is 0.157. The van der Waals surface area contributed by atoms with Gasteiger partial charge >= 0.3 is 0 Å². The van der Waals surface area contributed by atoms with Crippen molar-refractivity contribution in [3.8, 4) is 0 Å². The van der Waals surface area contributed by atoms with Gasteiger partial charge in [-0.2, -0.15) is 0 Å². The third-order valence-electron chi connectivity index (χ3n) is 4.26. The van der Waals surface area contributed by atoms with Gasteiger partial charge in [0.1, 0.15) is 0 Å². The molecular weight excluding hydrogens is 372 g/mol. The first-order chi connectivity index (χ1) is 11.1. The van der Waals surface area contributed by atoms with Crippen LogP contribution in [0, 0.1) is 0 Å². The van der Waals surface area contributed by atoms with Crippen LogP contribution in [-0.2, 0) is 4.79 Å². The number of amides is 1. The first-order valence-corrected chi connectivity index (χ1v) is 10.2. The lowest BCUT2D eigenvalue weighted by Gasteiger charge is -2.32. The number of unbranched alkanes of at least 4 members (excludes halogenated alkanes) is 1. The maximum Gasteiger partial charge on any atom is 0.233 e. The number of halogens is 1. The molecule has 0 aromatic heterocycles. The van der Waals surface area contributed by atoms with E-state index < -0.39 is 0 Å². The Bertz CT molecular complexity index is 486. The quantitative estimate of drug-likeness (QED) is 0.694. The standard InChI is InChI=1S/C18H27BrN2OS/c1-3-4-11-21-12-9-16(10-13-21)20-18(22)14(2)23-17-7-5-15(19)6-8-17/h5-8,14,16H,3-4,9-13H2,1-2H3,(H,20,22). The van der Waals surface area contributed by atoms with Crippen molar-refractivity contribution in [2.75, 3.05) is 19.6 Å². The van der Waals surface area contributed by atoms with Gasteiger partial charge in [0.2, 0.25) is 5.91 Å². The summed E-state index contributed by atoms with van der Waals surface area (Å²) >= 11 is 5.05. The lowest BCUT2D eigenvalue weighted by Crippen LogP contribution is -2.46. The predicted octanol–water partition coefficient (Wildman–Crippen LogP) is 4.31. The molecule has 1 aromatic rings. The second kappa shape index (κ2) is 9.70. The number of thioether (sulfide) groups is 1. The van der Waals surface area contributed by atoms with E-state index in [2.05, 4.69) is 33.1 Å². The molecule has 1 unspecified atom stereocenters. The van der Waals surface area contributed by atoms with Crippen LogP contribution in [-0.4, -0.2) is 41.7 Å². The van der Waals surface area contributed by atoms with Gasteiger partial charge in [0.05, 0.1) is 5.25 Å². The van der Waals surface area contributed by atoms with Gasteiger partial charge in [0, 0.05) is 28.5 Å². The molecule has 5 heteroatoms. The van der Waals surface area contributed by atoms with E-state index in [0.717, 1.165) is 35.3 Å². The van der Waals surface area contributed by atoms with E-state index in [1.54, 1.807) is 11.8 Å². The summed E-state index contributed by atoms with van der Waals surface area (Å²) in [5, 5.41) is 3.17. The Morgan fingerprint density at radius 2 is 2.00 bits per heavy atom. The Hall–Kier alpha value is -0.520. The Kier molecular flexibility index (Phi) is 7.93. The molecule has 2 rings (SSSR count). The molecule has 1 atom stereocenters. The van der Waals surface area contributed by atoms with Crippen molar-refractivity contribution in [3.63, 3.8) is 0 Å². The van der Waals surface area contributed by atoms with Crippen LogP contribution >= 0.6 is 27.7 Å². The third kappa shape index (κ3) is 6.48. The van der Waals surface area contributed by atoms with E-state index in [1.807, 2.05) is 31.2 Å². The van der Waals surface area contributed by atoms with Crippen LogP contribution in [0.2, 0.25) is 0 Å². The van der Waals surface area contributed by atoms with Crippen molar-refractivity contribution in [1.29, 1.82) is 0 Å². The monoisotopic (exact) mass is 398 g/mol.